The Labute approximate surface area is 102 Å². The third-order valence-electron chi connectivity index (χ3n) is 3.73. The highest BCUT2D eigenvalue weighted by Gasteiger charge is 2.56. The Kier molecular flexibility index (Phi) is 2.92. The first-order valence-electron chi connectivity index (χ1n) is 6.26. The van der Waals surface area contributed by atoms with Crippen molar-refractivity contribution in [3.05, 3.63) is 0 Å². The normalized spacial score (nSPS) is 40.3. The molecular formula is C13H20O4. The molecule has 17 heavy (non-hydrogen) atoms. The fourth-order valence-electron chi connectivity index (χ4n) is 3.22. The Morgan fingerprint density at radius 2 is 2.12 bits per heavy atom. The van der Waals surface area contributed by atoms with Crippen LogP contribution in [0.25, 0.3) is 0 Å². The van der Waals surface area contributed by atoms with Gasteiger partial charge in [-0.25, -0.2) is 0 Å². The number of ether oxygens (including phenoxy) is 2. The number of hydrogen-bond acceptors (Lipinski definition) is 4. The second-order valence-corrected chi connectivity index (χ2v) is 5.87. The van der Waals surface area contributed by atoms with Crippen LogP contribution in [0.2, 0.25) is 0 Å². The van der Waals surface area contributed by atoms with Crippen molar-refractivity contribution in [1.82, 2.24) is 0 Å². The van der Waals surface area contributed by atoms with E-state index in [0.717, 1.165) is 6.42 Å². The topological polar surface area (TPSA) is 52.6 Å². The second-order valence-electron chi connectivity index (χ2n) is 5.87. The zero-order valence-electron chi connectivity index (χ0n) is 10.9. The molecule has 0 N–H and O–H groups in total. The first-order valence-corrected chi connectivity index (χ1v) is 6.26. The van der Waals surface area contributed by atoms with Crippen molar-refractivity contribution >= 4 is 11.9 Å². The summed E-state index contributed by atoms with van der Waals surface area (Å²) < 4.78 is 10.6. The molecule has 0 spiro atoms. The van der Waals surface area contributed by atoms with Gasteiger partial charge in [-0.05, 0) is 33.1 Å². The quantitative estimate of drug-likeness (QED) is 0.692. The smallest absolute Gasteiger partial charge is 0.310 e. The zero-order chi connectivity index (χ0) is 12.8. The summed E-state index contributed by atoms with van der Waals surface area (Å²) in [6.45, 7) is 7.59. The maximum Gasteiger partial charge on any atom is 0.310 e. The predicted octanol–water partition coefficient (Wildman–Crippen LogP) is 1.92. The minimum absolute atomic E-state index is 0.136. The van der Waals surface area contributed by atoms with Crippen molar-refractivity contribution < 1.29 is 19.1 Å². The number of hydrogen-bond donors (Lipinski definition) is 0. The van der Waals surface area contributed by atoms with Gasteiger partial charge in [0.25, 0.3) is 0 Å². The summed E-state index contributed by atoms with van der Waals surface area (Å²) in [4.78, 5) is 23.8. The van der Waals surface area contributed by atoms with Gasteiger partial charge in [-0.3, -0.25) is 9.59 Å². The highest BCUT2D eigenvalue weighted by Crippen LogP contribution is 2.48. The lowest BCUT2D eigenvalue weighted by Crippen LogP contribution is -2.41. The Morgan fingerprint density at radius 3 is 2.71 bits per heavy atom. The lowest BCUT2D eigenvalue weighted by atomic mass is 9.69. The van der Waals surface area contributed by atoms with E-state index in [1.54, 1.807) is 0 Å². The number of rotatable bonds is 2. The van der Waals surface area contributed by atoms with Gasteiger partial charge in [0, 0.05) is 6.42 Å². The van der Waals surface area contributed by atoms with E-state index < -0.39 is 0 Å². The third-order valence-corrected chi connectivity index (χ3v) is 3.73. The highest BCUT2D eigenvalue weighted by molar-refractivity contribution is 5.84. The van der Waals surface area contributed by atoms with Gasteiger partial charge in [-0.2, -0.15) is 0 Å². The molecular weight excluding hydrogens is 220 g/mol. The van der Waals surface area contributed by atoms with Gasteiger partial charge in [-0.15, -0.1) is 0 Å². The van der Waals surface area contributed by atoms with Crippen molar-refractivity contribution in [3.63, 3.8) is 0 Å². The van der Waals surface area contributed by atoms with E-state index in [0.29, 0.717) is 6.42 Å². The largest absolute Gasteiger partial charge is 0.463 e. The van der Waals surface area contributed by atoms with Crippen LogP contribution < -0.4 is 0 Å². The van der Waals surface area contributed by atoms with Gasteiger partial charge in [-0.1, -0.05) is 6.92 Å². The molecule has 2 rings (SSSR count). The molecule has 1 saturated heterocycles. The Bertz CT molecular complexity index is 349. The van der Waals surface area contributed by atoms with Gasteiger partial charge < -0.3 is 9.47 Å². The first-order chi connectivity index (χ1) is 7.82. The molecule has 1 aliphatic heterocycles. The van der Waals surface area contributed by atoms with Crippen LogP contribution in [0.1, 0.15) is 40.5 Å². The molecule has 2 bridgehead atoms. The van der Waals surface area contributed by atoms with Gasteiger partial charge in [0.1, 0.15) is 5.60 Å². The molecule has 4 atom stereocenters. The van der Waals surface area contributed by atoms with E-state index in [1.165, 1.54) is 0 Å². The van der Waals surface area contributed by atoms with Crippen LogP contribution in [0.3, 0.4) is 0 Å². The molecule has 0 aromatic heterocycles. The monoisotopic (exact) mass is 240 g/mol. The molecule has 96 valence electrons. The van der Waals surface area contributed by atoms with E-state index in [-0.39, 0.29) is 41.4 Å². The summed E-state index contributed by atoms with van der Waals surface area (Å²) in [5, 5.41) is 0. The van der Waals surface area contributed by atoms with E-state index in [2.05, 4.69) is 0 Å². The standard InChI is InChI=1S/C13H20O4/c1-7(2)16-12(15)10-8(3)5-13(4)6-9(10)11(14)17-13/h7-10H,5-6H2,1-4H3/t8-,9+,10+,13+/m0/s1. The van der Waals surface area contributed by atoms with E-state index in [4.69, 9.17) is 9.47 Å². The van der Waals surface area contributed by atoms with Crippen molar-refractivity contribution in [2.24, 2.45) is 17.8 Å². The lowest BCUT2D eigenvalue weighted by molar-refractivity contribution is -0.160. The average Bonchev–Trinajstić information content (AvgIpc) is 2.35. The maximum absolute atomic E-state index is 12.0. The lowest BCUT2D eigenvalue weighted by Gasteiger charge is -2.35. The number of carbonyl (C=O) groups is 2. The molecule has 0 amide bonds. The number of carbonyl (C=O) groups excluding carboxylic acids is 2. The van der Waals surface area contributed by atoms with Gasteiger partial charge in [0.15, 0.2) is 0 Å². The minimum Gasteiger partial charge on any atom is -0.463 e. The van der Waals surface area contributed by atoms with Crippen LogP contribution in [0, 0.1) is 17.8 Å². The molecule has 0 aromatic rings. The van der Waals surface area contributed by atoms with Crippen LogP contribution in [-0.2, 0) is 19.1 Å². The minimum atomic E-state index is -0.365. The van der Waals surface area contributed by atoms with Gasteiger partial charge in [0.2, 0.25) is 0 Å². The van der Waals surface area contributed by atoms with Crippen molar-refractivity contribution in [2.75, 3.05) is 0 Å². The second kappa shape index (κ2) is 4.00. The first kappa shape index (κ1) is 12.4. The molecule has 1 saturated carbocycles. The van der Waals surface area contributed by atoms with Crippen LogP contribution in [0.5, 0.6) is 0 Å². The van der Waals surface area contributed by atoms with Crippen molar-refractivity contribution in [1.29, 1.82) is 0 Å². The number of fused-ring (bicyclic) bond motifs is 2. The Balaban J connectivity index is 2.17. The molecule has 4 heteroatoms. The molecule has 4 nitrogen and oxygen atoms in total. The Hall–Kier alpha value is -1.06. The predicted molar refractivity (Wildman–Crippen MR) is 61.1 cm³/mol. The molecule has 2 aliphatic rings. The van der Waals surface area contributed by atoms with Gasteiger partial charge >= 0.3 is 11.9 Å². The third kappa shape index (κ3) is 2.17. The summed E-state index contributed by atoms with van der Waals surface area (Å²) in [7, 11) is 0. The summed E-state index contributed by atoms with van der Waals surface area (Å²) in [6, 6.07) is 0. The van der Waals surface area contributed by atoms with Gasteiger partial charge in [0.05, 0.1) is 17.9 Å². The molecule has 1 aliphatic carbocycles. The van der Waals surface area contributed by atoms with E-state index in [9.17, 15) is 9.59 Å². The van der Waals surface area contributed by atoms with Crippen LogP contribution in [0.4, 0.5) is 0 Å². The number of esters is 2. The molecule has 2 fully saturated rings. The van der Waals surface area contributed by atoms with Crippen molar-refractivity contribution in [2.45, 2.75) is 52.2 Å². The molecule has 1 heterocycles. The maximum atomic E-state index is 12.0. The van der Waals surface area contributed by atoms with E-state index >= 15 is 0 Å². The summed E-state index contributed by atoms with van der Waals surface area (Å²) in [5.74, 6) is -0.993. The molecule has 0 radical (unpaired) electrons. The molecule has 0 unspecified atom stereocenters. The average molecular weight is 240 g/mol. The van der Waals surface area contributed by atoms with E-state index in [1.807, 2.05) is 27.7 Å². The summed E-state index contributed by atoms with van der Waals surface area (Å²) >= 11 is 0. The fourth-order valence-corrected chi connectivity index (χ4v) is 3.22. The zero-order valence-corrected chi connectivity index (χ0v) is 10.9. The summed E-state index contributed by atoms with van der Waals surface area (Å²) in [5.41, 5.74) is -0.365. The molecule has 0 aromatic carbocycles. The van der Waals surface area contributed by atoms with Crippen LogP contribution in [-0.4, -0.2) is 23.6 Å². The fraction of sp³-hybridized carbons (Fsp3) is 0.846. The summed E-state index contributed by atoms with van der Waals surface area (Å²) in [6.07, 6.45) is 1.25. The van der Waals surface area contributed by atoms with Crippen molar-refractivity contribution in [3.8, 4) is 0 Å². The van der Waals surface area contributed by atoms with Crippen LogP contribution >= 0.6 is 0 Å². The Morgan fingerprint density at radius 1 is 1.47 bits per heavy atom. The van der Waals surface area contributed by atoms with Crippen LogP contribution in [0.15, 0.2) is 0 Å². The SMILES string of the molecule is CC(C)OC(=O)[C@@H]1[C@@H](C)C[C@]2(C)C[C@H]1C(=O)O2. The highest BCUT2D eigenvalue weighted by atomic mass is 16.6.